The predicted octanol–water partition coefficient (Wildman–Crippen LogP) is 5.74. The van der Waals surface area contributed by atoms with E-state index in [1.165, 1.54) is 0 Å². The first kappa shape index (κ1) is 25.1. The number of nitrogens with one attached hydrogen (secondary N) is 1. The molecule has 4 aromatic rings. The lowest BCUT2D eigenvalue weighted by Crippen LogP contribution is -2.51. The Morgan fingerprint density at radius 1 is 1.24 bits per heavy atom. The minimum absolute atomic E-state index is 0.167. The van der Waals surface area contributed by atoms with Gasteiger partial charge in [-0.25, -0.2) is 9.67 Å². The van der Waals surface area contributed by atoms with Gasteiger partial charge in [0.1, 0.15) is 11.8 Å². The number of hydrogen-bond acceptors (Lipinski definition) is 6. The van der Waals surface area contributed by atoms with E-state index in [9.17, 15) is 18.0 Å². The summed E-state index contributed by atoms with van der Waals surface area (Å²) >= 11 is 6.04. The van der Waals surface area contributed by atoms with Gasteiger partial charge in [-0.3, -0.25) is 4.79 Å². The van der Waals surface area contributed by atoms with Crippen LogP contribution in [0.1, 0.15) is 41.5 Å². The van der Waals surface area contributed by atoms with Crippen molar-refractivity contribution in [2.75, 3.05) is 18.4 Å². The third-order valence-electron chi connectivity index (χ3n) is 6.56. The number of likely N-dealkylation sites (tertiary alicyclic amines) is 1. The SMILES string of the molecule is Cc1ccc(-n2cnc(C(F)(F)F)n2)c(C(=O)N2CCCC(C)C2CNc2nc3cc(Cl)ccc3o2)c1. The standard InChI is InChI=1S/C25H24ClF3N6O2/c1-14-5-7-19(35-13-31-23(33-35)25(27,28)29)17(10-14)22(36)34-9-3-4-15(2)20(34)12-30-24-32-18-11-16(26)6-8-21(18)37-24/h5-8,10-11,13,15,20H,3-4,9,12H2,1-2H3,(H,30,32). The number of alkyl halides is 3. The molecule has 0 radical (unpaired) electrons. The molecule has 3 heterocycles. The first-order valence-corrected chi connectivity index (χ1v) is 12.2. The number of oxazole rings is 1. The summed E-state index contributed by atoms with van der Waals surface area (Å²) in [6.07, 6.45) is -1.97. The molecule has 194 valence electrons. The van der Waals surface area contributed by atoms with Gasteiger partial charge in [0.05, 0.1) is 17.3 Å². The highest BCUT2D eigenvalue weighted by Gasteiger charge is 2.37. The van der Waals surface area contributed by atoms with E-state index < -0.39 is 12.0 Å². The number of halogens is 4. The molecule has 37 heavy (non-hydrogen) atoms. The van der Waals surface area contributed by atoms with Gasteiger partial charge >= 0.3 is 6.18 Å². The molecule has 1 amide bonds. The number of carbonyl (C=O) groups is 1. The fraction of sp³-hybridized carbons (Fsp3) is 0.360. The zero-order chi connectivity index (χ0) is 26.3. The van der Waals surface area contributed by atoms with E-state index in [1.807, 2.05) is 6.92 Å². The minimum atomic E-state index is -4.69. The Bertz CT molecular complexity index is 1450. The molecule has 5 rings (SSSR count). The van der Waals surface area contributed by atoms with Crippen molar-refractivity contribution in [3.63, 3.8) is 0 Å². The van der Waals surface area contributed by atoms with E-state index in [2.05, 4.69) is 27.3 Å². The van der Waals surface area contributed by atoms with Crippen LogP contribution >= 0.6 is 11.6 Å². The molecule has 1 saturated heterocycles. The summed E-state index contributed by atoms with van der Waals surface area (Å²) < 4.78 is 46.1. The molecule has 1 aliphatic heterocycles. The zero-order valence-corrected chi connectivity index (χ0v) is 20.8. The maximum absolute atomic E-state index is 13.9. The van der Waals surface area contributed by atoms with Crippen LogP contribution in [-0.4, -0.2) is 49.7 Å². The number of piperidine rings is 1. The minimum Gasteiger partial charge on any atom is -0.424 e. The monoisotopic (exact) mass is 532 g/mol. The van der Waals surface area contributed by atoms with Crippen molar-refractivity contribution in [2.45, 2.75) is 38.9 Å². The second-order valence-electron chi connectivity index (χ2n) is 9.23. The largest absolute Gasteiger partial charge is 0.453 e. The lowest BCUT2D eigenvalue weighted by Gasteiger charge is -2.40. The molecule has 0 aliphatic carbocycles. The molecule has 2 atom stereocenters. The van der Waals surface area contributed by atoms with Crippen molar-refractivity contribution >= 4 is 34.6 Å². The quantitative estimate of drug-likeness (QED) is 0.352. The number of fused-ring (bicyclic) bond motifs is 1. The Morgan fingerprint density at radius 2 is 2.05 bits per heavy atom. The lowest BCUT2D eigenvalue weighted by molar-refractivity contribution is -0.144. The molecule has 1 N–H and O–H groups in total. The first-order chi connectivity index (χ1) is 17.6. The number of hydrogen-bond donors (Lipinski definition) is 1. The van der Waals surface area contributed by atoms with Gasteiger partial charge in [0.15, 0.2) is 5.58 Å². The summed E-state index contributed by atoms with van der Waals surface area (Å²) in [5, 5.41) is 7.32. The van der Waals surface area contributed by atoms with Crippen LogP contribution in [0.15, 0.2) is 47.1 Å². The van der Waals surface area contributed by atoms with E-state index in [1.54, 1.807) is 41.3 Å². The van der Waals surface area contributed by atoms with E-state index in [0.717, 1.165) is 29.4 Å². The first-order valence-electron chi connectivity index (χ1n) is 11.8. The number of aromatic nitrogens is 4. The molecule has 2 unspecified atom stereocenters. The van der Waals surface area contributed by atoms with E-state index in [-0.39, 0.29) is 29.1 Å². The van der Waals surface area contributed by atoms with Crippen LogP contribution in [0.4, 0.5) is 19.2 Å². The smallest absolute Gasteiger partial charge is 0.424 e. The van der Waals surface area contributed by atoms with Gasteiger partial charge in [-0.2, -0.15) is 18.2 Å². The number of benzene rings is 2. The van der Waals surface area contributed by atoms with Gasteiger partial charge in [0.2, 0.25) is 0 Å². The van der Waals surface area contributed by atoms with Gasteiger partial charge in [-0.15, -0.1) is 5.10 Å². The van der Waals surface area contributed by atoms with Crippen LogP contribution in [0.25, 0.3) is 16.8 Å². The highest BCUT2D eigenvalue weighted by Crippen LogP contribution is 2.30. The van der Waals surface area contributed by atoms with E-state index >= 15 is 0 Å². The molecule has 0 saturated carbocycles. The number of amides is 1. The van der Waals surface area contributed by atoms with Crippen LogP contribution in [0.3, 0.4) is 0 Å². The van der Waals surface area contributed by atoms with Gasteiger partial charge in [-0.05, 0) is 56.0 Å². The van der Waals surface area contributed by atoms with Gasteiger partial charge in [0.25, 0.3) is 17.7 Å². The molecule has 1 aliphatic rings. The highest BCUT2D eigenvalue weighted by molar-refractivity contribution is 6.31. The van der Waals surface area contributed by atoms with Crippen LogP contribution in [0.5, 0.6) is 0 Å². The third kappa shape index (κ3) is 5.13. The summed E-state index contributed by atoms with van der Waals surface area (Å²) in [5.41, 5.74) is 2.50. The normalized spacial score (nSPS) is 18.4. The maximum Gasteiger partial charge on any atom is 0.453 e. The molecule has 0 bridgehead atoms. The van der Waals surface area contributed by atoms with Crippen LogP contribution in [0, 0.1) is 12.8 Å². The average Bonchev–Trinajstić information content (AvgIpc) is 3.49. The molecule has 0 spiro atoms. The fourth-order valence-electron chi connectivity index (χ4n) is 4.67. The van der Waals surface area contributed by atoms with Crippen molar-refractivity contribution in [1.82, 2.24) is 24.6 Å². The number of aryl methyl sites for hydroxylation is 1. The maximum atomic E-state index is 13.9. The summed E-state index contributed by atoms with van der Waals surface area (Å²) in [5.74, 6) is -1.38. The van der Waals surface area contributed by atoms with Crippen molar-refractivity contribution in [1.29, 1.82) is 0 Å². The molecule has 1 fully saturated rings. The van der Waals surface area contributed by atoms with Gasteiger partial charge < -0.3 is 14.6 Å². The number of carbonyl (C=O) groups excluding carboxylic acids is 1. The number of anilines is 1. The average molecular weight is 533 g/mol. The summed E-state index contributed by atoms with van der Waals surface area (Å²) in [6.45, 7) is 4.79. The summed E-state index contributed by atoms with van der Waals surface area (Å²) in [6, 6.07) is 10.3. The van der Waals surface area contributed by atoms with Crippen molar-refractivity contribution in [2.24, 2.45) is 5.92 Å². The number of nitrogens with zero attached hydrogens (tertiary/aromatic N) is 5. The van der Waals surface area contributed by atoms with E-state index in [0.29, 0.717) is 35.2 Å². The number of rotatable bonds is 5. The Labute approximate surface area is 215 Å². The molecular formula is C25H24ClF3N6O2. The van der Waals surface area contributed by atoms with Crippen molar-refractivity contribution in [3.05, 3.63) is 64.7 Å². The zero-order valence-electron chi connectivity index (χ0n) is 20.1. The second-order valence-corrected chi connectivity index (χ2v) is 9.66. The van der Waals surface area contributed by atoms with Crippen molar-refractivity contribution < 1.29 is 22.4 Å². The van der Waals surface area contributed by atoms with Gasteiger partial charge in [-0.1, -0.05) is 30.2 Å². The van der Waals surface area contributed by atoms with Crippen LogP contribution in [-0.2, 0) is 6.18 Å². The Kier molecular flexibility index (Phi) is 6.57. The molecular weight excluding hydrogens is 509 g/mol. The van der Waals surface area contributed by atoms with Gasteiger partial charge in [0, 0.05) is 18.1 Å². The Morgan fingerprint density at radius 3 is 2.81 bits per heavy atom. The second kappa shape index (κ2) is 9.70. The topological polar surface area (TPSA) is 89.1 Å². The van der Waals surface area contributed by atoms with Crippen molar-refractivity contribution in [3.8, 4) is 5.69 Å². The molecule has 12 heteroatoms. The molecule has 8 nitrogen and oxygen atoms in total. The van der Waals surface area contributed by atoms with Crippen LogP contribution in [0.2, 0.25) is 5.02 Å². The summed E-state index contributed by atoms with van der Waals surface area (Å²) in [4.78, 5) is 23.4. The van der Waals surface area contributed by atoms with E-state index in [4.69, 9.17) is 16.0 Å². The third-order valence-corrected chi connectivity index (χ3v) is 6.80. The van der Waals surface area contributed by atoms with Crippen LogP contribution < -0.4 is 5.32 Å². The lowest BCUT2D eigenvalue weighted by atomic mass is 9.90. The molecule has 2 aromatic carbocycles. The Balaban J connectivity index is 1.42. The molecule has 2 aromatic heterocycles. The fourth-order valence-corrected chi connectivity index (χ4v) is 4.83. The summed E-state index contributed by atoms with van der Waals surface area (Å²) in [7, 11) is 0. The highest BCUT2D eigenvalue weighted by atomic mass is 35.5. The Hall–Kier alpha value is -3.60. The predicted molar refractivity (Wildman–Crippen MR) is 132 cm³/mol.